The molecule has 3 aliphatic carbocycles. The first-order valence-electron chi connectivity index (χ1n) is 20.0. The van der Waals surface area contributed by atoms with Crippen LogP contribution in [0, 0.1) is 12.8 Å². The molecule has 3 aliphatic heterocycles. The van der Waals surface area contributed by atoms with Crippen LogP contribution in [0.4, 0.5) is 18.0 Å². The van der Waals surface area contributed by atoms with Gasteiger partial charge in [0.2, 0.25) is 21.8 Å². The zero-order valence-electron chi connectivity index (χ0n) is 32.6. The molecule has 314 valence electrons. The molecular formula is C40H48F3N5O9S. The van der Waals surface area contributed by atoms with E-state index in [1.54, 1.807) is 20.8 Å². The quantitative estimate of drug-likeness (QED) is 0.330. The topological polar surface area (TPSA) is 182 Å². The number of ether oxygens (including phenoxy) is 3. The fourth-order valence-electron chi connectivity index (χ4n) is 8.54. The molecule has 6 aliphatic rings. The van der Waals surface area contributed by atoms with Crippen molar-refractivity contribution in [2.45, 2.75) is 144 Å². The molecule has 58 heavy (non-hydrogen) atoms. The van der Waals surface area contributed by atoms with Crippen LogP contribution in [0.15, 0.2) is 30.4 Å². The van der Waals surface area contributed by atoms with Crippen LogP contribution >= 0.6 is 0 Å². The van der Waals surface area contributed by atoms with Crippen molar-refractivity contribution >= 4 is 44.7 Å². The van der Waals surface area contributed by atoms with Crippen molar-refractivity contribution < 1.29 is 55.0 Å². The minimum atomic E-state index is -4.90. The molecule has 4 fully saturated rings. The first kappa shape index (κ1) is 40.2. The summed E-state index contributed by atoms with van der Waals surface area (Å²) in [5.41, 5.74) is -1.88. The summed E-state index contributed by atoms with van der Waals surface area (Å²) in [6, 6.07) is 1.61. The van der Waals surface area contributed by atoms with Crippen LogP contribution in [0.3, 0.4) is 0 Å². The fourth-order valence-corrected chi connectivity index (χ4v) is 9.85. The number of aryl methyl sites for hydroxylation is 2. The van der Waals surface area contributed by atoms with Crippen LogP contribution in [0.2, 0.25) is 0 Å². The number of fused-ring (bicyclic) bond motifs is 5. The highest BCUT2D eigenvalue weighted by Gasteiger charge is 2.64. The number of pyridine rings is 1. The molecule has 4 amide bonds. The third-order valence-corrected chi connectivity index (χ3v) is 14.9. The number of benzene rings is 1. The van der Waals surface area contributed by atoms with Gasteiger partial charge in [-0.1, -0.05) is 25.0 Å². The summed E-state index contributed by atoms with van der Waals surface area (Å²) in [5, 5.41) is 6.04. The molecule has 5 atom stereocenters. The van der Waals surface area contributed by atoms with Crippen molar-refractivity contribution in [1.29, 1.82) is 0 Å². The van der Waals surface area contributed by atoms with Crippen LogP contribution < -0.4 is 24.8 Å². The second-order valence-corrected chi connectivity index (χ2v) is 19.7. The predicted octanol–water partition coefficient (Wildman–Crippen LogP) is 5.15. The number of hydrogen-bond donors (Lipinski definition) is 3. The van der Waals surface area contributed by atoms with Gasteiger partial charge in [-0.2, -0.15) is 0 Å². The average molecular weight is 832 g/mol. The molecule has 14 nitrogen and oxygen atoms in total. The molecule has 1 saturated heterocycles. The van der Waals surface area contributed by atoms with Crippen molar-refractivity contribution in [1.82, 2.24) is 25.2 Å². The van der Waals surface area contributed by atoms with E-state index < -0.39 is 85.4 Å². The van der Waals surface area contributed by atoms with E-state index in [1.807, 2.05) is 12.2 Å². The van der Waals surface area contributed by atoms with Crippen molar-refractivity contribution in [3.63, 3.8) is 0 Å². The fraction of sp³-hybridized carbons (Fsp3) is 0.625. The maximum Gasteiger partial charge on any atom is 0.573 e. The summed E-state index contributed by atoms with van der Waals surface area (Å²) in [6.45, 7) is 4.97. The van der Waals surface area contributed by atoms with Gasteiger partial charge in [0, 0.05) is 23.3 Å². The van der Waals surface area contributed by atoms with Gasteiger partial charge in [0.25, 0.3) is 5.91 Å². The number of hydrogen-bond acceptors (Lipinski definition) is 10. The van der Waals surface area contributed by atoms with Gasteiger partial charge in [-0.15, -0.1) is 13.2 Å². The largest absolute Gasteiger partial charge is 0.573 e. The molecule has 18 heteroatoms. The van der Waals surface area contributed by atoms with E-state index in [0.29, 0.717) is 72.9 Å². The van der Waals surface area contributed by atoms with Crippen LogP contribution in [-0.2, 0) is 35.6 Å². The number of rotatable bonds is 6. The number of aromatic nitrogens is 1. The zero-order valence-corrected chi connectivity index (χ0v) is 33.4. The Labute approximate surface area is 334 Å². The smallest absolute Gasteiger partial charge is 0.483 e. The first-order chi connectivity index (χ1) is 27.2. The van der Waals surface area contributed by atoms with Gasteiger partial charge < -0.3 is 29.7 Å². The molecule has 1 aromatic carbocycles. The molecule has 0 unspecified atom stereocenters. The summed E-state index contributed by atoms with van der Waals surface area (Å²) in [4.78, 5) is 62.4. The monoisotopic (exact) mass is 831 g/mol. The van der Waals surface area contributed by atoms with Gasteiger partial charge in [-0.25, -0.2) is 18.2 Å². The van der Waals surface area contributed by atoms with Crippen molar-refractivity contribution in [3.05, 3.63) is 41.6 Å². The summed E-state index contributed by atoms with van der Waals surface area (Å²) < 4.78 is 83.5. The van der Waals surface area contributed by atoms with Crippen LogP contribution in [0.5, 0.6) is 11.5 Å². The van der Waals surface area contributed by atoms with Crippen molar-refractivity contribution in [2.24, 2.45) is 5.92 Å². The van der Waals surface area contributed by atoms with E-state index in [9.17, 15) is 40.8 Å². The number of carbonyl (C=O) groups is 4. The molecule has 1 spiro atoms. The van der Waals surface area contributed by atoms with Gasteiger partial charge in [-0.05, 0) is 103 Å². The molecule has 4 heterocycles. The number of amides is 4. The van der Waals surface area contributed by atoms with E-state index in [-0.39, 0.29) is 32.2 Å². The molecule has 2 aromatic rings. The number of halogens is 3. The minimum Gasteiger partial charge on any atom is -0.483 e. The Balaban J connectivity index is 1.13. The van der Waals surface area contributed by atoms with E-state index in [2.05, 4.69) is 25.1 Å². The van der Waals surface area contributed by atoms with Gasteiger partial charge in [0.15, 0.2) is 0 Å². The highest BCUT2D eigenvalue weighted by Crippen LogP contribution is 2.49. The highest BCUT2D eigenvalue weighted by molar-refractivity contribution is 7.91. The van der Waals surface area contributed by atoms with E-state index in [0.717, 1.165) is 12.8 Å². The maximum atomic E-state index is 14.7. The SMILES string of the molecule is Cc1nc2ccc(OC(F)(F)F)cc2c2c1O[C@]1(CC2)C[C@H]2C(=O)N[C@]3(C(=O)NS(=O)(=O)C4(C)CC4)C[C@H]3/C=C\CCCCC[C@H](NC(=O)OC3(C)CC3)C(=O)N2C1. The zero-order chi connectivity index (χ0) is 41.5. The molecule has 3 saturated carbocycles. The second kappa shape index (κ2) is 14.0. The third-order valence-electron chi connectivity index (χ3n) is 12.8. The number of alkyl carbamates (subject to hydrolysis) is 1. The molecule has 0 radical (unpaired) electrons. The number of allylic oxidation sites excluding steroid dienone is 1. The molecule has 8 rings (SSSR count). The minimum absolute atomic E-state index is 0.0392. The Morgan fingerprint density at radius 1 is 1.05 bits per heavy atom. The summed E-state index contributed by atoms with van der Waals surface area (Å²) in [5.74, 6) is -2.68. The Morgan fingerprint density at radius 2 is 1.81 bits per heavy atom. The normalized spacial score (nSPS) is 30.6. The molecule has 1 aromatic heterocycles. The Bertz CT molecular complexity index is 2210. The lowest BCUT2D eigenvalue weighted by atomic mass is 9.87. The highest BCUT2D eigenvalue weighted by atomic mass is 32.2. The third kappa shape index (κ3) is 7.79. The Kier molecular flexibility index (Phi) is 9.70. The number of carbonyl (C=O) groups excluding carboxylic acids is 4. The summed E-state index contributed by atoms with van der Waals surface area (Å²) in [7, 11) is -4.05. The van der Waals surface area contributed by atoms with E-state index >= 15 is 0 Å². The van der Waals surface area contributed by atoms with Crippen molar-refractivity contribution in [3.8, 4) is 11.5 Å². The van der Waals surface area contributed by atoms with Gasteiger partial charge in [0.05, 0.1) is 22.5 Å². The van der Waals surface area contributed by atoms with Crippen LogP contribution in [0.25, 0.3) is 10.9 Å². The first-order valence-corrected chi connectivity index (χ1v) is 21.5. The van der Waals surface area contributed by atoms with Crippen LogP contribution in [-0.4, -0.2) is 88.6 Å². The maximum absolute atomic E-state index is 14.7. The van der Waals surface area contributed by atoms with Gasteiger partial charge in [0.1, 0.15) is 40.3 Å². The lowest BCUT2D eigenvalue weighted by molar-refractivity contribution is -0.274. The van der Waals surface area contributed by atoms with Crippen LogP contribution in [0.1, 0.15) is 102 Å². The molecule has 0 bridgehead atoms. The predicted molar refractivity (Wildman–Crippen MR) is 202 cm³/mol. The lowest BCUT2D eigenvalue weighted by Gasteiger charge is -2.36. The standard InChI is InChI=1S/C40H48F3N5O9S/c1-23-31-26(27-19-25(55-40(41,42)43)11-12-28(27)44-23)13-14-38(56-31)21-30-32(49)46-39(34(51)47-58(53,54)37(3)17-18-37)20-24(39)9-7-5-4-6-8-10-29(33(50)48(30)22-38)45-35(52)57-36(2)15-16-36/h7,9,11-12,19,24,29-30H,4-6,8,10,13-18,20-22H2,1-3H3,(H,45,52)(H,46,49)(H,47,51)/b9-7-/t24-,29+,30+,38-,39-/m1/s1. The lowest BCUT2D eigenvalue weighted by Crippen LogP contribution is -2.58. The number of alkyl halides is 3. The second-order valence-electron chi connectivity index (χ2n) is 17.5. The van der Waals surface area contributed by atoms with Gasteiger partial charge in [-0.3, -0.25) is 19.1 Å². The average Bonchev–Trinajstić information content (AvgIpc) is 4.10. The Hall–Kier alpha value is -4.61. The number of nitrogens with one attached hydrogen (secondary N) is 3. The summed E-state index contributed by atoms with van der Waals surface area (Å²) >= 11 is 0. The van der Waals surface area contributed by atoms with Gasteiger partial charge >= 0.3 is 12.5 Å². The van der Waals surface area contributed by atoms with Crippen molar-refractivity contribution in [2.75, 3.05) is 6.54 Å². The number of nitrogens with zero attached hydrogens (tertiary/aromatic N) is 2. The van der Waals surface area contributed by atoms with E-state index in [1.165, 1.54) is 23.1 Å². The Morgan fingerprint density at radius 3 is 2.52 bits per heavy atom. The van der Waals surface area contributed by atoms with E-state index in [4.69, 9.17) is 9.47 Å². The molecule has 3 N–H and O–H groups in total. The molecular weight excluding hydrogens is 784 g/mol. The number of sulfonamides is 1. The summed E-state index contributed by atoms with van der Waals surface area (Å²) in [6.07, 6.45) is 3.90.